The van der Waals surface area contributed by atoms with Gasteiger partial charge < -0.3 is 25.2 Å². The molecule has 37 heavy (non-hydrogen) atoms. The van der Waals surface area contributed by atoms with Gasteiger partial charge >= 0.3 is 12.1 Å². The number of piperazine rings is 1. The van der Waals surface area contributed by atoms with Crippen molar-refractivity contribution in [1.29, 1.82) is 0 Å². The maximum atomic E-state index is 13.7. The van der Waals surface area contributed by atoms with Crippen LogP contribution in [0, 0.1) is 17.5 Å². The number of pyridine rings is 2. The highest BCUT2D eigenvalue weighted by Crippen LogP contribution is 2.26. The van der Waals surface area contributed by atoms with E-state index in [0.717, 1.165) is 6.20 Å². The molecule has 1 fully saturated rings. The van der Waals surface area contributed by atoms with Crippen LogP contribution in [0.25, 0.3) is 0 Å². The number of carbonyl (C=O) groups is 2. The molecule has 0 saturated carbocycles. The molecule has 2 aromatic heterocycles. The number of aromatic nitrogens is 2. The second kappa shape index (κ2) is 11.5. The molecule has 194 valence electrons. The van der Waals surface area contributed by atoms with Crippen LogP contribution in [-0.2, 0) is 0 Å². The first kappa shape index (κ1) is 25.5. The lowest BCUT2D eigenvalue weighted by Gasteiger charge is -2.35. The lowest BCUT2D eigenvalue weighted by atomic mass is 10.3. The van der Waals surface area contributed by atoms with Gasteiger partial charge in [-0.05, 0) is 31.2 Å². The largest absolute Gasteiger partial charge is 0.492 e. The first-order valence-corrected chi connectivity index (χ1v) is 11.4. The van der Waals surface area contributed by atoms with Crippen molar-refractivity contribution in [2.75, 3.05) is 53.6 Å². The summed E-state index contributed by atoms with van der Waals surface area (Å²) in [6.07, 6.45) is 2.30. The Labute approximate surface area is 210 Å². The quantitative estimate of drug-likeness (QED) is 0.452. The average Bonchev–Trinajstić information content (AvgIpc) is 2.88. The fourth-order valence-electron chi connectivity index (χ4n) is 3.64. The van der Waals surface area contributed by atoms with Crippen LogP contribution in [0.5, 0.6) is 5.75 Å². The number of ether oxygens (including phenoxy) is 1. The van der Waals surface area contributed by atoms with Crippen LogP contribution >= 0.6 is 0 Å². The third-order valence-corrected chi connectivity index (χ3v) is 5.42. The van der Waals surface area contributed by atoms with Gasteiger partial charge in [0.2, 0.25) is 0 Å². The summed E-state index contributed by atoms with van der Waals surface area (Å²) in [4.78, 5) is 36.1. The van der Waals surface area contributed by atoms with Gasteiger partial charge in [-0.1, -0.05) is 0 Å². The second-order valence-electron chi connectivity index (χ2n) is 7.95. The zero-order valence-electron chi connectivity index (χ0n) is 19.8. The predicted molar refractivity (Wildman–Crippen MR) is 131 cm³/mol. The number of nitrogens with one attached hydrogen (secondary N) is 3. The summed E-state index contributed by atoms with van der Waals surface area (Å²) in [5.41, 5.74) is 0.617. The summed E-state index contributed by atoms with van der Waals surface area (Å²) in [7, 11) is 0. The molecule has 13 heteroatoms. The molecule has 4 amide bonds. The van der Waals surface area contributed by atoms with Crippen molar-refractivity contribution in [3.8, 4) is 5.75 Å². The molecule has 0 bridgehead atoms. The highest BCUT2D eigenvalue weighted by atomic mass is 19.1. The Bertz CT molecular complexity index is 1270. The van der Waals surface area contributed by atoms with Crippen LogP contribution in [0.1, 0.15) is 6.92 Å². The van der Waals surface area contributed by atoms with Gasteiger partial charge in [-0.3, -0.25) is 5.32 Å². The summed E-state index contributed by atoms with van der Waals surface area (Å²) in [6, 6.07) is 6.75. The number of nitrogens with zero attached hydrogens (tertiary/aromatic N) is 4. The van der Waals surface area contributed by atoms with E-state index in [4.69, 9.17) is 4.74 Å². The predicted octanol–water partition coefficient (Wildman–Crippen LogP) is 4.29. The van der Waals surface area contributed by atoms with Gasteiger partial charge in [0.1, 0.15) is 23.2 Å². The van der Waals surface area contributed by atoms with Crippen molar-refractivity contribution in [3.63, 3.8) is 0 Å². The smallest absolute Gasteiger partial charge is 0.323 e. The van der Waals surface area contributed by atoms with E-state index in [1.54, 1.807) is 19.1 Å². The van der Waals surface area contributed by atoms with Gasteiger partial charge in [0, 0.05) is 38.3 Å². The normalized spacial score (nSPS) is 13.2. The molecule has 1 aliphatic heterocycles. The maximum absolute atomic E-state index is 13.7. The number of benzene rings is 1. The Hall–Kier alpha value is -4.55. The van der Waals surface area contributed by atoms with E-state index in [0.29, 0.717) is 56.1 Å². The Morgan fingerprint density at radius 3 is 2.38 bits per heavy atom. The SMILES string of the molecule is CCOc1ccc(F)cc1NC(=O)Nc1ccc(N2CCN(C(=O)Nc3ncc(F)cc3F)CC2)nc1. The van der Waals surface area contributed by atoms with E-state index in [9.17, 15) is 22.8 Å². The molecule has 3 N–H and O–H groups in total. The summed E-state index contributed by atoms with van der Waals surface area (Å²) in [6.45, 7) is 3.75. The number of urea groups is 2. The minimum absolute atomic E-state index is 0.198. The molecule has 1 aliphatic rings. The van der Waals surface area contributed by atoms with Gasteiger partial charge in [-0.2, -0.15) is 0 Å². The first-order valence-electron chi connectivity index (χ1n) is 11.4. The molecule has 0 spiro atoms. The standard InChI is InChI=1S/C24H24F3N7O3/c1-2-37-20-5-3-15(25)12-19(20)31-23(35)30-17-4-6-21(28-14-17)33-7-9-34(10-8-33)24(36)32-22-18(27)11-16(26)13-29-22/h3-6,11-14H,2,7-10H2,1H3,(H,29,32,36)(H2,30,31,35). The van der Waals surface area contributed by atoms with Crippen LogP contribution in [0.3, 0.4) is 0 Å². The molecular formula is C24H24F3N7O3. The molecule has 0 aliphatic carbocycles. The van der Waals surface area contributed by atoms with Gasteiger partial charge in [0.05, 0.1) is 30.4 Å². The van der Waals surface area contributed by atoms with Crippen molar-refractivity contribution in [3.05, 3.63) is 66.2 Å². The topological polar surface area (TPSA) is 112 Å². The van der Waals surface area contributed by atoms with Crippen LogP contribution in [0.2, 0.25) is 0 Å². The van der Waals surface area contributed by atoms with Gasteiger partial charge in [-0.15, -0.1) is 0 Å². The summed E-state index contributed by atoms with van der Waals surface area (Å²) < 4.78 is 45.7. The minimum atomic E-state index is -0.954. The zero-order chi connectivity index (χ0) is 26.4. The molecule has 0 unspecified atom stereocenters. The highest BCUT2D eigenvalue weighted by molar-refractivity contribution is 6.00. The Kier molecular flexibility index (Phi) is 7.91. The van der Waals surface area contributed by atoms with Crippen molar-refractivity contribution in [2.24, 2.45) is 0 Å². The van der Waals surface area contributed by atoms with Crippen LogP contribution in [-0.4, -0.2) is 59.7 Å². The lowest BCUT2D eigenvalue weighted by molar-refractivity contribution is 0.208. The number of hydrogen-bond donors (Lipinski definition) is 3. The third kappa shape index (κ3) is 6.57. The number of amides is 4. The maximum Gasteiger partial charge on any atom is 0.323 e. The van der Waals surface area contributed by atoms with E-state index in [-0.39, 0.29) is 11.5 Å². The monoisotopic (exact) mass is 515 g/mol. The summed E-state index contributed by atoms with van der Waals surface area (Å²) >= 11 is 0. The molecule has 3 heterocycles. The second-order valence-corrected chi connectivity index (χ2v) is 7.95. The fourth-order valence-corrected chi connectivity index (χ4v) is 3.64. The summed E-state index contributed by atoms with van der Waals surface area (Å²) in [5.74, 6) is -1.65. The molecule has 1 saturated heterocycles. The molecule has 1 aromatic carbocycles. The van der Waals surface area contributed by atoms with Crippen molar-refractivity contribution < 1.29 is 27.5 Å². The van der Waals surface area contributed by atoms with E-state index in [1.165, 1.54) is 29.3 Å². The fraction of sp³-hybridized carbons (Fsp3) is 0.250. The van der Waals surface area contributed by atoms with E-state index in [1.807, 2.05) is 4.90 Å². The first-order chi connectivity index (χ1) is 17.8. The molecule has 0 atom stereocenters. The van der Waals surface area contributed by atoms with Crippen LogP contribution in [0.4, 0.5) is 45.8 Å². The average molecular weight is 515 g/mol. The number of halogens is 3. The van der Waals surface area contributed by atoms with Crippen molar-refractivity contribution in [1.82, 2.24) is 14.9 Å². The summed E-state index contributed by atoms with van der Waals surface area (Å²) in [5, 5.41) is 7.53. The van der Waals surface area contributed by atoms with Crippen LogP contribution < -0.4 is 25.6 Å². The Balaban J connectivity index is 1.28. The molecule has 4 rings (SSSR count). The zero-order valence-corrected chi connectivity index (χ0v) is 19.8. The number of anilines is 4. The Morgan fingerprint density at radius 1 is 0.919 bits per heavy atom. The lowest BCUT2D eigenvalue weighted by Crippen LogP contribution is -2.50. The van der Waals surface area contributed by atoms with Crippen molar-refractivity contribution >= 4 is 35.1 Å². The minimum Gasteiger partial charge on any atom is -0.492 e. The molecular weight excluding hydrogens is 491 g/mol. The molecule has 3 aromatic rings. The van der Waals surface area contributed by atoms with E-state index < -0.39 is 29.5 Å². The molecule has 10 nitrogen and oxygen atoms in total. The third-order valence-electron chi connectivity index (χ3n) is 5.42. The van der Waals surface area contributed by atoms with Crippen molar-refractivity contribution in [2.45, 2.75) is 6.92 Å². The van der Waals surface area contributed by atoms with Gasteiger partial charge in [0.15, 0.2) is 11.6 Å². The van der Waals surface area contributed by atoms with E-state index in [2.05, 4.69) is 25.9 Å². The number of carbonyl (C=O) groups excluding carboxylic acids is 2. The number of hydrogen-bond acceptors (Lipinski definition) is 6. The number of rotatable bonds is 6. The van der Waals surface area contributed by atoms with E-state index >= 15 is 0 Å². The van der Waals surface area contributed by atoms with Crippen LogP contribution in [0.15, 0.2) is 48.8 Å². The highest BCUT2D eigenvalue weighted by Gasteiger charge is 2.23. The Morgan fingerprint density at radius 2 is 1.70 bits per heavy atom. The molecule has 0 radical (unpaired) electrons. The van der Waals surface area contributed by atoms with Gasteiger partial charge in [0.25, 0.3) is 0 Å². The van der Waals surface area contributed by atoms with Gasteiger partial charge in [-0.25, -0.2) is 32.7 Å².